The van der Waals surface area contributed by atoms with Crippen molar-refractivity contribution in [2.24, 2.45) is 0 Å². The molecule has 0 bridgehead atoms. The third kappa shape index (κ3) is 15.7. The van der Waals surface area contributed by atoms with Crippen molar-refractivity contribution in [3.05, 3.63) is 29.8 Å². The Bertz CT molecular complexity index is 1610. The van der Waals surface area contributed by atoms with Crippen LogP contribution in [0.15, 0.2) is 34.1 Å². The summed E-state index contributed by atoms with van der Waals surface area (Å²) in [6.07, 6.45) is 15.1. The second-order valence-electron chi connectivity index (χ2n) is 14.1. The van der Waals surface area contributed by atoms with Gasteiger partial charge in [-0.2, -0.15) is 0 Å². The summed E-state index contributed by atoms with van der Waals surface area (Å²) in [5.74, 6) is 0.279. The van der Waals surface area contributed by atoms with E-state index in [-0.39, 0.29) is 60.9 Å². The van der Waals surface area contributed by atoms with Crippen molar-refractivity contribution in [3.63, 3.8) is 0 Å². The lowest BCUT2D eigenvalue weighted by atomic mass is 10.2. The van der Waals surface area contributed by atoms with Gasteiger partial charge in [-0.1, -0.05) is 119 Å². The smallest absolute Gasteiger partial charge is 0.490 e. The molecular weight excluding hydrogens is 769 g/mol. The van der Waals surface area contributed by atoms with E-state index in [1.54, 1.807) is 0 Å². The lowest BCUT2D eigenvalue weighted by Gasteiger charge is -2.20. The summed E-state index contributed by atoms with van der Waals surface area (Å²) in [5.41, 5.74) is 10.4. The van der Waals surface area contributed by atoms with Crippen molar-refractivity contribution in [3.8, 4) is 34.5 Å². The van der Waals surface area contributed by atoms with Crippen LogP contribution >= 0.6 is 0 Å². The zero-order valence-electron chi connectivity index (χ0n) is 35.6. The van der Waals surface area contributed by atoms with Crippen LogP contribution in [-0.4, -0.2) is 65.6 Å². The number of unbranched alkanes of at least 4 members (excludes halogenated alkanes) is 12. The third-order valence-electron chi connectivity index (χ3n) is 9.19. The number of rotatable bonds is 32. The maximum atomic E-state index is 14.7. The van der Waals surface area contributed by atoms with E-state index in [1.807, 2.05) is 13.8 Å². The number of sulfone groups is 2. The molecule has 0 amide bonds. The third-order valence-corrected chi connectivity index (χ3v) is 13.4. The first-order chi connectivity index (χ1) is 27.6. The van der Waals surface area contributed by atoms with Gasteiger partial charge in [0.25, 0.3) is 19.7 Å². The van der Waals surface area contributed by atoms with Crippen LogP contribution in [0.2, 0.25) is 0 Å². The monoisotopic (exact) mass is 838 g/mol. The average molecular weight is 839 g/mol. The first-order valence-electron chi connectivity index (χ1n) is 21.4. The van der Waals surface area contributed by atoms with Gasteiger partial charge in [-0.15, -0.1) is 4.79 Å². The molecule has 0 aliphatic rings. The van der Waals surface area contributed by atoms with Crippen LogP contribution < -0.4 is 28.4 Å². The van der Waals surface area contributed by atoms with E-state index in [0.717, 1.165) is 89.9 Å². The SMILES string of the molecule is CCCCCOc1ccc(S(=O)(=O)C(=[N+]=[N-])S(=O)(=O)c2ccc(OCCCCC)c(OCCCCC)c2OCCCCC)c(OCCCCC)c1OCCCCC. The normalized spacial score (nSPS) is 11.5. The molecule has 2 rings (SSSR count). The Labute approximate surface area is 343 Å². The molecular formula is C43H70N2O10S2. The first-order valence-corrected chi connectivity index (χ1v) is 24.4. The van der Waals surface area contributed by atoms with E-state index in [4.69, 9.17) is 28.4 Å². The van der Waals surface area contributed by atoms with Crippen LogP contribution in [0, 0.1) is 0 Å². The van der Waals surface area contributed by atoms with Gasteiger partial charge in [0.05, 0.1) is 39.6 Å². The molecule has 57 heavy (non-hydrogen) atoms. The molecule has 0 aromatic heterocycles. The van der Waals surface area contributed by atoms with Crippen LogP contribution in [0.1, 0.15) is 157 Å². The highest BCUT2D eigenvalue weighted by molar-refractivity contribution is 8.31. The molecule has 324 valence electrons. The summed E-state index contributed by atoms with van der Waals surface area (Å²) in [5, 5.41) is 0. The van der Waals surface area contributed by atoms with E-state index in [9.17, 15) is 22.4 Å². The molecule has 0 saturated heterocycles. The Morgan fingerprint density at radius 1 is 0.421 bits per heavy atom. The van der Waals surface area contributed by atoms with Crippen LogP contribution in [-0.2, 0) is 19.7 Å². The van der Waals surface area contributed by atoms with Crippen LogP contribution in [0.5, 0.6) is 34.5 Å². The summed E-state index contributed by atoms with van der Waals surface area (Å²) < 4.78 is 94.2. The Kier molecular flexibility index (Phi) is 24.4. The van der Waals surface area contributed by atoms with Gasteiger partial charge in [-0.3, -0.25) is 0 Å². The summed E-state index contributed by atoms with van der Waals surface area (Å²) in [6, 6.07) is 5.31. The molecule has 0 radical (unpaired) electrons. The molecule has 0 saturated carbocycles. The van der Waals surface area contributed by atoms with Gasteiger partial charge in [0, 0.05) is 0 Å². The van der Waals surface area contributed by atoms with Gasteiger partial charge < -0.3 is 34.0 Å². The summed E-state index contributed by atoms with van der Waals surface area (Å²) in [6.45, 7) is 13.8. The van der Waals surface area contributed by atoms with E-state index >= 15 is 0 Å². The van der Waals surface area contributed by atoms with Crippen molar-refractivity contribution in [1.82, 2.24) is 0 Å². The van der Waals surface area contributed by atoms with E-state index in [2.05, 4.69) is 32.5 Å². The predicted octanol–water partition coefficient (Wildman–Crippen LogP) is 10.9. The molecule has 14 heteroatoms. The van der Waals surface area contributed by atoms with E-state index in [1.165, 1.54) is 24.3 Å². The minimum atomic E-state index is -5.12. The van der Waals surface area contributed by atoms with Crippen molar-refractivity contribution in [2.75, 3.05) is 39.6 Å². The van der Waals surface area contributed by atoms with Crippen LogP contribution in [0.3, 0.4) is 0 Å². The molecule has 0 atom stereocenters. The molecule has 0 aliphatic heterocycles. The Balaban J connectivity index is 2.85. The first kappa shape index (κ1) is 49.7. The van der Waals surface area contributed by atoms with Gasteiger partial charge >= 0.3 is 4.38 Å². The maximum Gasteiger partial charge on any atom is 0.504 e. The second kappa shape index (κ2) is 28.0. The molecule has 2 aromatic carbocycles. The molecule has 0 unspecified atom stereocenters. The minimum Gasteiger partial charge on any atom is -0.490 e. The quantitative estimate of drug-likeness (QED) is 0.0228. The van der Waals surface area contributed by atoms with Gasteiger partial charge in [-0.25, -0.2) is 16.8 Å². The topological polar surface area (TPSA) is 160 Å². The van der Waals surface area contributed by atoms with Gasteiger partial charge in [0.2, 0.25) is 11.5 Å². The largest absolute Gasteiger partial charge is 0.504 e. The summed E-state index contributed by atoms with van der Waals surface area (Å²) >= 11 is 0. The van der Waals surface area contributed by atoms with Gasteiger partial charge in [-0.05, 0) is 62.8 Å². The zero-order chi connectivity index (χ0) is 41.9. The fourth-order valence-corrected chi connectivity index (χ4v) is 9.44. The molecule has 12 nitrogen and oxygen atoms in total. The number of hydrogen-bond donors (Lipinski definition) is 0. The highest BCUT2D eigenvalue weighted by atomic mass is 32.3. The summed E-state index contributed by atoms with van der Waals surface area (Å²) in [7, 11) is -10.2. The average Bonchev–Trinajstić information content (AvgIpc) is 3.19. The Morgan fingerprint density at radius 3 is 0.947 bits per heavy atom. The second-order valence-corrected chi connectivity index (χ2v) is 18.1. The molecule has 0 fully saturated rings. The van der Waals surface area contributed by atoms with Crippen molar-refractivity contribution >= 4 is 24.1 Å². The minimum absolute atomic E-state index is 0.0575. The number of nitrogens with zero attached hydrogens (tertiary/aromatic N) is 2. The van der Waals surface area contributed by atoms with Gasteiger partial charge in [0.15, 0.2) is 23.0 Å². The standard InChI is InChI=1S/C43H70N2O10S2/c1-7-13-19-29-50-35-25-27-37(41(54-33-23-17-11-5)39(35)52-31-21-15-9-3)56(46,47)43(45-44)57(48,49)38-28-26-36(51-30-20-14-8-2)40(53-32-22-16-10-4)42(38)55-34-24-18-12-6/h25-28H,7-24,29-34H2,1-6H3. The van der Waals surface area contributed by atoms with E-state index in [0.29, 0.717) is 38.9 Å². The highest BCUT2D eigenvalue weighted by Crippen LogP contribution is 2.46. The van der Waals surface area contributed by atoms with Gasteiger partial charge in [0.1, 0.15) is 9.79 Å². The van der Waals surface area contributed by atoms with Crippen molar-refractivity contribution < 1.29 is 50.0 Å². The fourth-order valence-electron chi connectivity index (χ4n) is 5.86. The van der Waals surface area contributed by atoms with Crippen LogP contribution in [0.25, 0.3) is 5.53 Å². The van der Waals surface area contributed by atoms with Crippen molar-refractivity contribution in [2.45, 2.75) is 167 Å². The Hall–Kier alpha value is -3.48. The lowest BCUT2D eigenvalue weighted by Crippen LogP contribution is -2.27. The van der Waals surface area contributed by atoms with Crippen molar-refractivity contribution in [1.29, 1.82) is 0 Å². The number of hydrogen-bond acceptors (Lipinski definition) is 10. The highest BCUT2D eigenvalue weighted by Gasteiger charge is 2.48. The molecule has 0 aliphatic carbocycles. The predicted molar refractivity (Wildman–Crippen MR) is 226 cm³/mol. The zero-order valence-corrected chi connectivity index (χ0v) is 37.2. The lowest BCUT2D eigenvalue weighted by molar-refractivity contribution is 0.00376. The number of ether oxygens (including phenoxy) is 6. The molecule has 2 aromatic rings. The molecule has 0 spiro atoms. The molecule has 0 N–H and O–H groups in total. The summed E-state index contributed by atoms with van der Waals surface area (Å²) in [4.78, 5) is 1.93. The van der Waals surface area contributed by atoms with Crippen LogP contribution in [0.4, 0.5) is 0 Å². The maximum absolute atomic E-state index is 14.7. The van der Waals surface area contributed by atoms with E-state index < -0.39 is 33.8 Å². The Morgan fingerprint density at radius 2 is 0.684 bits per heavy atom. The molecule has 0 heterocycles. The fraction of sp³-hybridized carbons (Fsp3) is 0.698. The number of benzene rings is 2.